The van der Waals surface area contributed by atoms with Gasteiger partial charge in [0.15, 0.2) is 5.75 Å². The van der Waals surface area contributed by atoms with Crippen molar-refractivity contribution in [1.29, 1.82) is 0 Å². The normalized spacial score (nSPS) is 15.9. The number of hydrogen-bond donors (Lipinski definition) is 1. The predicted molar refractivity (Wildman–Crippen MR) is 118 cm³/mol. The largest absolute Gasteiger partial charge is 0.455 e. The fourth-order valence-corrected chi connectivity index (χ4v) is 3.65. The van der Waals surface area contributed by atoms with E-state index in [-0.39, 0.29) is 24.8 Å². The second kappa shape index (κ2) is 8.59. The van der Waals surface area contributed by atoms with Crippen LogP contribution in [0.4, 0.5) is 11.4 Å². The molecule has 0 unspecified atom stereocenters. The number of carbonyl (C=O) groups is 2. The van der Waals surface area contributed by atoms with Crippen molar-refractivity contribution >= 4 is 34.8 Å². The molecule has 1 fully saturated rings. The molecule has 1 aliphatic heterocycles. The Morgan fingerprint density at radius 3 is 2.50 bits per heavy atom. The summed E-state index contributed by atoms with van der Waals surface area (Å²) in [5, 5.41) is 3.41. The van der Waals surface area contributed by atoms with Gasteiger partial charge in [-0.3, -0.25) is 9.59 Å². The van der Waals surface area contributed by atoms with Gasteiger partial charge in [-0.1, -0.05) is 53.6 Å². The summed E-state index contributed by atoms with van der Waals surface area (Å²) in [4.78, 5) is 27.0. The van der Waals surface area contributed by atoms with E-state index in [2.05, 4.69) is 5.32 Å². The van der Waals surface area contributed by atoms with Crippen LogP contribution in [-0.2, 0) is 9.59 Å². The maximum absolute atomic E-state index is 12.9. The molecule has 0 aliphatic carbocycles. The minimum Gasteiger partial charge on any atom is -0.455 e. The van der Waals surface area contributed by atoms with Crippen LogP contribution in [0.5, 0.6) is 11.5 Å². The van der Waals surface area contributed by atoms with Crippen LogP contribution in [0, 0.1) is 12.8 Å². The Bertz CT molecular complexity index is 1080. The zero-order valence-electron chi connectivity index (χ0n) is 16.5. The van der Waals surface area contributed by atoms with Crippen LogP contribution < -0.4 is 15.0 Å². The lowest BCUT2D eigenvalue weighted by Crippen LogP contribution is -2.28. The van der Waals surface area contributed by atoms with E-state index in [1.807, 2.05) is 55.5 Å². The first-order chi connectivity index (χ1) is 14.5. The topological polar surface area (TPSA) is 58.6 Å². The number of para-hydroxylation sites is 3. The fourth-order valence-electron chi connectivity index (χ4n) is 3.41. The maximum Gasteiger partial charge on any atom is 0.229 e. The molecule has 152 valence electrons. The standard InChI is InChI=1S/C24H21ClN2O3/c1-16-10-12-18(13-11-16)30-22-9-5-3-7-20(22)26-24(29)17-14-23(28)27(15-17)21-8-4-2-6-19(21)25/h2-13,17H,14-15H2,1H3,(H,26,29)/t17-/m0/s1. The molecule has 1 atom stereocenters. The Hall–Kier alpha value is -3.31. The number of nitrogens with one attached hydrogen (secondary N) is 1. The molecule has 0 aromatic heterocycles. The van der Waals surface area contributed by atoms with Gasteiger partial charge in [0.05, 0.1) is 22.3 Å². The number of rotatable bonds is 5. The van der Waals surface area contributed by atoms with Crippen molar-refractivity contribution in [3.8, 4) is 11.5 Å². The first kappa shape index (κ1) is 20.0. The smallest absolute Gasteiger partial charge is 0.229 e. The second-order valence-electron chi connectivity index (χ2n) is 7.26. The highest BCUT2D eigenvalue weighted by atomic mass is 35.5. The van der Waals surface area contributed by atoms with Gasteiger partial charge in [-0.2, -0.15) is 0 Å². The summed E-state index contributed by atoms with van der Waals surface area (Å²) < 4.78 is 5.95. The summed E-state index contributed by atoms with van der Waals surface area (Å²) in [5.74, 6) is 0.414. The molecule has 0 radical (unpaired) electrons. The van der Waals surface area contributed by atoms with Crippen LogP contribution in [0.3, 0.4) is 0 Å². The van der Waals surface area contributed by atoms with Crippen molar-refractivity contribution in [2.24, 2.45) is 5.92 Å². The van der Waals surface area contributed by atoms with Crippen molar-refractivity contribution in [2.75, 3.05) is 16.8 Å². The van der Waals surface area contributed by atoms with E-state index in [9.17, 15) is 9.59 Å². The molecule has 1 saturated heterocycles. The molecule has 1 aliphatic rings. The lowest BCUT2D eigenvalue weighted by molar-refractivity contribution is -0.122. The Morgan fingerprint density at radius 2 is 1.73 bits per heavy atom. The lowest BCUT2D eigenvalue weighted by Gasteiger charge is -2.18. The van der Waals surface area contributed by atoms with Crippen LogP contribution in [0.2, 0.25) is 5.02 Å². The quantitative estimate of drug-likeness (QED) is 0.598. The van der Waals surface area contributed by atoms with E-state index in [0.717, 1.165) is 5.56 Å². The third-order valence-corrected chi connectivity index (χ3v) is 5.35. The molecule has 3 aromatic carbocycles. The van der Waals surface area contributed by atoms with Gasteiger partial charge in [-0.15, -0.1) is 0 Å². The number of hydrogen-bond acceptors (Lipinski definition) is 3. The SMILES string of the molecule is Cc1ccc(Oc2ccccc2NC(=O)[C@H]2CC(=O)N(c3ccccc3Cl)C2)cc1. The first-order valence-electron chi connectivity index (χ1n) is 9.70. The molecule has 1 heterocycles. The minimum absolute atomic E-state index is 0.118. The molecule has 2 amide bonds. The van der Waals surface area contributed by atoms with Gasteiger partial charge in [-0.25, -0.2) is 0 Å². The van der Waals surface area contributed by atoms with E-state index in [1.165, 1.54) is 0 Å². The number of ether oxygens (including phenoxy) is 1. The third-order valence-electron chi connectivity index (χ3n) is 5.03. The van der Waals surface area contributed by atoms with E-state index >= 15 is 0 Å². The molecule has 5 nitrogen and oxygen atoms in total. The summed E-state index contributed by atoms with van der Waals surface area (Å²) >= 11 is 6.22. The van der Waals surface area contributed by atoms with E-state index in [1.54, 1.807) is 29.2 Å². The molecule has 0 saturated carbocycles. The summed E-state index contributed by atoms with van der Waals surface area (Å²) in [6, 6.07) is 22.1. The Labute approximate surface area is 180 Å². The van der Waals surface area contributed by atoms with Crippen molar-refractivity contribution in [2.45, 2.75) is 13.3 Å². The average molecular weight is 421 g/mol. The first-order valence-corrected chi connectivity index (χ1v) is 10.1. The average Bonchev–Trinajstić information content (AvgIpc) is 3.13. The number of nitrogens with zero attached hydrogens (tertiary/aromatic N) is 1. The molecule has 1 N–H and O–H groups in total. The fraction of sp³-hybridized carbons (Fsp3) is 0.167. The maximum atomic E-state index is 12.9. The zero-order chi connectivity index (χ0) is 21.1. The summed E-state index contributed by atoms with van der Waals surface area (Å²) in [5.41, 5.74) is 2.33. The highest BCUT2D eigenvalue weighted by Crippen LogP contribution is 2.33. The number of aryl methyl sites for hydroxylation is 1. The molecule has 4 rings (SSSR count). The van der Waals surface area contributed by atoms with Gasteiger partial charge in [0.1, 0.15) is 5.75 Å². The molecular formula is C24H21ClN2O3. The van der Waals surface area contributed by atoms with Crippen LogP contribution in [0.25, 0.3) is 0 Å². The van der Waals surface area contributed by atoms with E-state index in [0.29, 0.717) is 27.9 Å². The monoisotopic (exact) mass is 420 g/mol. The molecule has 0 spiro atoms. The molecular weight excluding hydrogens is 400 g/mol. The van der Waals surface area contributed by atoms with Crippen molar-refractivity contribution in [3.05, 3.63) is 83.4 Å². The highest BCUT2D eigenvalue weighted by Gasteiger charge is 2.36. The predicted octanol–water partition coefficient (Wildman–Crippen LogP) is 5.43. The van der Waals surface area contributed by atoms with Crippen LogP contribution in [0.15, 0.2) is 72.8 Å². The number of amides is 2. The third kappa shape index (κ3) is 4.31. The van der Waals surface area contributed by atoms with Crippen LogP contribution in [0.1, 0.15) is 12.0 Å². The summed E-state index contributed by atoms with van der Waals surface area (Å²) in [7, 11) is 0. The number of anilines is 2. The minimum atomic E-state index is -0.471. The zero-order valence-corrected chi connectivity index (χ0v) is 17.2. The second-order valence-corrected chi connectivity index (χ2v) is 7.66. The van der Waals surface area contributed by atoms with Gasteiger partial charge in [0.2, 0.25) is 11.8 Å². The number of carbonyl (C=O) groups excluding carboxylic acids is 2. The van der Waals surface area contributed by atoms with Gasteiger partial charge in [0.25, 0.3) is 0 Å². The van der Waals surface area contributed by atoms with Crippen LogP contribution in [-0.4, -0.2) is 18.4 Å². The number of halogens is 1. The van der Waals surface area contributed by atoms with Crippen molar-refractivity contribution < 1.29 is 14.3 Å². The summed E-state index contributed by atoms with van der Waals surface area (Å²) in [6.07, 6.45) is 0.137. The molecule has 6 heteroatoms. The lowest BCUT2D eigenvalue weighted by atomic mass is 10.1. The van der Waals surface area contributed by atoms with E-state index < -0.39 is 5.92 Å². The van der Waals surface area contributed by atoms with Crippen molar-refractivity contribution in [3.63, 3.8) is 0 Å². The molecule has 30 heavy (non-hydrogen) atoms. The van der Waals surface area contributed by atoms with Gasteiger partial charge in [0, 0.05) is 13.0 Å². The molecule has 3 aromatic rings. The molecule has 0 bridgehead atoms. The summed E-state index contributed by atoms with van der Waals surface area (Å²) in [6.45, 7) is 2.29. The van der Waals surface area contributed by atoms with Crippen molar-refractivity contribution in [1.82, 2.24) is 0 Å². The Morgan fingerprint density at radius 1 is 1.03 bits per heavy atom. The number of benzene rings is 3. The van der Waals surface area contributed by atoms with Crippen LogP contribution >= 0.6 is 11.6 Å². The van der Waals surface area contributed by atoms with Gasteiger partial charge >= 0.3 is 0 Å². The highest BCUT2D eigenvalue weighted by molar-refractivity contribution is 6.33. The Kier molecular flexibility index (Phi) is 5.72. The Balaban J connectivity index is 1.48. The van der Waals surface area contributed by atoms with E-state index in [4.69, 9.17) is 16.3 Å². The van der Waals surface area contributed by atoms with Gasteiger partial charge < -0.3 is 15.0 Å². The van der Waals surface area contributed by atoms with Gasteiger partial charge in [-0.05, 0) is 43.3 Å².